The molecule has 0 amide bonds. The Balaban J connectivity index is 1.65. The molecule has 5 heteroatoms. The molecule has 92 valence electrons. The van der Waals surface area contributed by atoms with E-state index in [0.717, 1.165) is 37.4 Å². The predicted octanol–water partition coefficient (Wildman–Crippen LogP) is 2.14. The number of hydrogen-bond acceptors (Lipinski definition) is 4. The normalized spacial score (nSPS) is 10.9. The fourth-order valence-electron chi connectivity index (χ4n) is 1.80. The van der Waals surface area contributed by atoms with Gasteiger partial charge >= 0.3 is 0 Å². The molecule has 0 aliphatic carbocycles. The van der Waals surface area contributed by atoms with E-state index in [4.69, 9.17) is 0 Å². The molecule has 0 atom stereocenters. The highest BCUT2D eigenvalue weighted by Crippen LogP contribution is 2.03. The van der Waals surface area contributed by atoms with Gasteiger partial charge in [0.15, 0.2) is 0 Å². The van der Waals surface area contributed by atoms with Crippen LogP contribution in [0.1, 0.15) is 23.5 Å². The lowest BCUT2D eigenvalue weighted by atomic mass is 10.3. The average molecular weight is 250 g/mol. The molecule has 0 aromatic carbocycles. The van der Waals surface area contributed by atoms with Gasteiger partial charge in [0.2, 0.25) is 0 Å². The SMILES string of the molecule is Cc1cc(C)n(CCCNCc2cscn2)n1. The first-order chi connectivity index (χ1) is 8.25. The van der Waals surface area contributed by atoms with Gasteiger partial charge in [-0.3, -0.25) is 4.68 Å². The topological polar surface area (TPSA) is 42.7 Å². The van der Waals surface area contributed by atoms with Gasteiger partial charge in [0.25, 0.3) is 0 Å². The molecular formula is C12H18N4S. The van der Waals surface area contributed by atoms with Gasteiger partial charge in [-0.15, -0.1) is 11.3 Å². The quantitative estimate of drug-likeness (QED) is 0.799. The van der Waals surface area contributed by atoms with E-state index in [-0.39, 0.29) is 0 Å². The van der Waals surface area contributed by atoms with Crippen molar-refractivity contribution in [3.63, 3.8) is 0 Å². The van der Waals surface area contributed by atoms with E-state index >= 15 is 0 Å². The van der Waals surface area contributed by atoms with E-state index in [2.05, 4.69) is 38.5 Å². The van der Waals surface area contributed by atoms with Gasteiger partial charge in [-0.25, -0.2) is 4.98 Å². The van der Waals surface area contributed by atoms with Crippen molar-refractivity contribution in [2.45, 2.75) is 33.4 Å². The molecule has 0 spiro atoms. The third-order valence-corrected chi connectivity index (χ3v) is 3.25. The second kappa shape index (κ2) is 5.93. The van der Waals surface area contributed by atoms with Gasteiger partial charge in [-0.1, -0.05) is 0 Å². The molecule has 2 aromatic rings. The van der Waals surface area contributed by atoms with E-state index in [1.165, 1.54) is 5.69 Å². The lowest BCUT2D eigenvalue weighted by molar-refractivity contribution is 0.530. The van der Waals surface area contributed by atoms with Crippen LogP contribution >= 0.6 is 11.3 Å². The number of nitrogens with zero attached hydrogens (tertiary/aromatic N) is 3. The summed E-state index contributed by atoms with van der Waals surface area (Å²) in [6.07, 6.45) is 1.09. The Bertz CT molecular complexity index is 447. The Morgan fingerprint density at radius 1 is 1.41 bits per heavy atom. The molecule has 0 saturated carbocycles. The van der Waals surface area contributed by atoms with E-state index in [1.807, 2.05) is 12.4 Å². The highest BCUT2D eigenvalue weighted by Gasteiger charge is 2.00. The van der Waals surface area contributed by atoms with Crippen molar-refractivity contribution in [2.24, 2.45) is 0 Å². The minimum atomic E-state index is 0.862. The van der Waals surface area contributed by atoms with Crippen LogP contribution in [0.3, 0.4) is 0 Å². The summed E-state index contributed by atoms with van der Waals surface area (Å²) < 4.78 is 2.07. The molecule has 0 aliphatic rings. The summed E-state index contributed by atoms with van der Waals surface area (Å²) >= 11 is 1.64. The maximum atomic E-state index is 4.44. The number of nitrogens with one attached hydrogen (secondary N) is 1. The predicted molar refractivity (Wildman–Crippen MR) is 70.1 cm³/mol. The molecule has 0 bridgehead atoms. The van der Waals surface area contributed by atoms with Crippen molar-refractivity contribution in [3.8, 4) is 0 Å². The van der Waals surface area contributed by atoms with Crippen molar-refractivity contribution in [2.75, 3.05) is 6.54 Å². The fourth-order valence-corrected chi connectivity index (χ4v) is 2.35. The van der Waals surface area contributed by atoms with Gasteiger partial charge in [0.05, 0.1) is 16.9 Å². The van der Waals surface area contributed by atoms with E-state index in [0.29, 0.717) is 0 Å². The molecule has 17 heavy (non-hydrogen) atoms. The Morgan fingerprint density at radius 3 is 2.94 bits per heavy atom. The van der Waals surface area contributed by atoms with Crippen molar-refractivity contribution in [1.82, 2.24) is 20.1 Å². The van der Waals surface area contributed by atoms with Crippen LogP contribution in [0.15, 0.2) is 17.0 Å². The molecule has 0 fully saturated rings. The minimum absolute atomic E-state index is 0.862. The molecule has 1 N–H and O–H groups in total. The summed E-state index contributed by atoms with van der Waals surface area (Å²) in [5.74, 6) is 0. The average Bonchev–Trinajstić information content (AvgIpc) is 2.89. The highest BCUT2D eigenvalue weighted by molar-refractivity contribution is 7.07. The maximum Gasteiger partial charge on any atom is 0.0795 e. The molecular weight excluding hydrogens is 232 g/mol. The first-order valence-corrected chi connectivity index (χ1v) is 6.79. The number of aromatic nitrogens is 3. The molecule has 2 rings (SSSR count). The van der Waals surface area contributed by atoms with Gasteiger partial charge in [-0.05, 0) is 32.9 Å². The molecule has 0 radical (unpaired) electrons. The lowest BCUT2D eigenvalue weighted by Crippen LogP contribution is -2.17. The van der Waals surface area contributed by atoms with Crippen molar-refractivity contribution in [1.29, 1.82) is 0 Å². The monoisotopic (exact) mass is 250 g/mol. The summed E-state index contributed by atoms with van der Waals surface area (Å²) in [6, 6.07) is 2.11. The zero-order chi connectivity index (χ0) is 12.1. The van der Waals surface area contributed by atoms with Crippen molar-refractivity contribution >= 4 is 11.3 Å². The molecule has 4 nitrogen and oxygen atoms in total. The Morgan fingerprint density at radius 2 is 2.29 bits per heavy atom. The molecule has 0 aliphatic heterocycles. The summed E-state index contributed by atoms with van der Waals surface area (Å²) in [5.41, 5.74) is 5.33. The van der Waals surface area contributed by atoms with Gasteiger partial charge < -0.3 is 5.32 Å². The first-order valence-electron chi connectivity index (χ1n) is 5.84. The molecule has 2 aromatic heterocycles. The lowest BCUT2D eigenvalue weighted by Gasteiger charge is -2.05. The van der Waals surface area contributed by atoms with Crippen molar-refractivity contribution < 1.29 is 0 Å². The van der Waals surface area contributed by atoms with Crippen molar-refractivity contribution in [3.05, 3.63) is 34.0 Å². The van der Waals surface area contributed by atoms with E-state index < -0.39 is 0 Å². The zero-order valence-corrected chi connectivity index (χ0v) is 11.1. The van der Waals surface area contributed by atoms with Gasteiger partial charge in [0, 0.05) is 24.2 Å². The molecule has 2 heterocycles. The third-order valence-electron chi connectivity index (χ3n) is 2.62. The van der Waals surface area contributed by atoms with E-state index in [9.17, 15) is 0 Å². The highest BCUT2D eigenvalue weighted by atomic mass is 32.1. The minimum Gasteiger partial charge on any atom is -0.311 e. The Kier molecular flexibility index (Phi) is 4.28. The van der Waals surface area contributed by atoms with E-state index in [1.54, 1.807) is 11.3 Å². The van der Waals surface area contributed by atoms with Crippen LogP contribution in [-0.2, 0) is 13.1 Å². The number of thiazole rings is 1. The molecule has 0 unspecified atom stereocenters. The van der Waals surface area contributed by atoms with Gasteiger partial charge in [0.1, 0.15) is 0 Å². The third kappa shape index (κ3) is 3.64. The Labute approximate surface area is 106 Å². The number of hydrogen-bond donors (Lipinski definition) is 1. The fraction of sp³-hybridized carbons (Fsp3) is 0.500. The smallest absolute Gasteiger partial charge is 0.0795 e. The Hall–Kier alpha value is -1.20. The molecule has 0 saturated heterocycles. The standard InChI is InChI=1S/C12H18N4S/c1-10-6-11(2)16(15-10)5-3-4-13-7-12-8-17-9-14-12/h6,8-9,13H,3-5,7H2,1-2H3. The summed E-state index contributed by atoms with van der Waals surface area (Å²) in [5, 5.41) is 9.90. The second-order valence-corrected chi connectivity index (χ2v) is 4.88. The van der Waals surface area contributed by atoms with Crippen LogP contribution in [0.2, 0.25) is 0 Å². The van der Waals surface area contributed by atoms with Crippen LogP contribution in [0.5, 0.6) is 0 Å². The summed E-state index contributed by atoms with van der Waals surface area (Å²) in [4.78, 5) is 4.23. The second-order valence-electron chi connectivity index (χ2n) is 4.16. The zero-order valence-electron chi connectivity index (χ0n) is 10.3. The summed E-state index contributed by atoms with van der Waals surface area (Å²) in [6.45, 7) is 6.97. The van der Waals surface area contributed by atoms with Crippen LogP contribution in [0, 0.1) is 13.8 Å². The number of aryl methyl sites for hydroxylation is 3. The first kappa shape index (κ1) is 12.3. The number of rotatable bonds is 6. The van der Waals surface area contributed by atoms with Gasteiger partial charge in [-0.2, -0.15) is 5.10 Å². The van der Waals surface area contributed by atoms with Crippen LogP contribution in [0.4, 0.5) is 0 Å². The van der Waals surface area contributed by atoms with Crippen LogP contribution < -0.4 is 5.32 Å². The van der Waals surface area contributed by atoms with Crippen LogP contribution in [-0.4, -0.2) is 21.3 Å². The largest absolute Gasteiger partial charge is 0.311 e. The summed E-state index contributed by atoms with van der Waals surface area (Å²) in [7, 11) is 0. The van der Waals surface area contributed by atoms with Crippen LogP contribution in [0.25, 0.3) is 0 Å². The maximum absolute atomic E-state index is 4.44.